The van der Waals surface area contributed by atoms with Gasteiger partial charge in [-0.3, -0.25) is 0 Å². The number of hydrogen-bond donors (Lipinski definition) is 1. The molecule has 0 fully saturated rings. The lowest BCUT2D eigenvalue weighted by molar-refractivity contribution is 0.587. The molecule has 1 atom stereocenters. The van der Waals surface area contributed by atoms with E-state index in [9.17, 15) is 0 Å². The van der Waals surface area contributed by atoms with Gasteiger partial charge < -0.3 is 5.73 Å². The summed E-state index contributed by atoms with van der Waals surface area (Å²) >= 11 is 0. The van der Waals surface area contributed by atoms with Gasteiger partial charge in [0, 0.05) is 6.04 Å². The van der Waals surface area contributed by atoms with Crippen molar-refractivity contribution >= 4 is 0 Å². The summed E-state index contributed by atoms with van der Waals surface area (Å²) in [5.74, 6) is 0. The van der Waals surface area contributed by atoms with E-state index in [4.69, 9.17) is 5.73 Å². The van der Waals surface area contributed by atoms with E-state index in [-0.39, 0.29) is 0 Å². The zero-order valence-corrected chi connectivity index (χ0v) is 5.28. The van der Waals surface area contributed by atoms with Gasteiger partial charge in [0.25, 0.3) is 0 Å². The second kappa shape index (κ2) is 4.13. The maximum Gasteiger partial charge on any atom is 0.00361 e. The van der Waals surface area contributed by atoms with Crippen molar-refractivity contribution in [3.8, 4) is 0 Å². The van der Waals surface area contributed by atoms with Crippen molar-refractivity contribution in [2.24, 2.45) is 5.73 Å². The minimum Gasteiger partial charge on any atom is -0.328 e. The molecule has 1 nitrogen and oxygen atoms in total. The fourth-order valence-corrected chi connectivity index (χ4v) is 0.575. The Kier molecular flexibility index (Phi) is 4.10. The third kappa shape index (κ3) is 3.80. The highest BCUT2D eigenvalue weighted by molar-refractivity contribution is 4.54. The summed E-state index contributed by atoms with van der Waals surface area (Å²) in [7, 11) is 0. The lowest BCUT2D eigenvalue weighted by Crippen LogP contribution is -2.17. The van der Waals surface area contributed by atoms with Crippen molar-refractivity contribution < 1.29 is 0 Å². The lowest BCUT2D eigenvalue weighted by atomic mass is 10.1. The maximum atomic E-state index is 5.58. The minimum atomic E-state index is 0.449. The van der Waals surface area contributed by atoms with Gasteiger partial charge in [-0.1, -0.05) is 20.3 Å². The van der Waals surface area contributed by atoms with Crippen molar-refractivity contribution in [2.45, 2.75) is 39.2 Å². The summed E-state index contributed by atoms with van der Waals surface area (Å²) < 4.78 is 0. The number of hydrogen-bond acceptors (Lipinski definition) is 1. The van der Waals surface area contributed by atoms with Crippen molar-refractivity contribution in [1.82, 2.24) is 0 Å². The van der Waals surface area contributed by atoms with Crippen LogP contribution in [-0.2, 0) is 0 Å². The molecule has 0 saturated carbocycles. The van der Waals surface area contributed by atoms with Crippen LogP contribution in [-0.4, -0.2) is 6.04 Å². The van der Waals surface area contributed by atoms with E-state index in [0.717, 1.165) is 6.42 Å². The molecule has 0 aromatic heterocycles. The van der Waals surface area contributed by atoms with Gasteiger partial charge in [-0.25, -0.2) is 0 Å². The standard InChI is InChI=1S/C6H15N/c1-3-5-6(7)4-2/h6H,3-5,7H2,1-2H3/t6-/m0/s1. The first-order valence-corrected chi connectivity index (χ1v) is 3.06. The fourth-order valence-electron chi connectivity index (χ4n) is 0.575. The van der Waals surface area contributed by atoms with Crippen LogP contribution in [0.1, 0.15) is 33.1 Å². The smallest absolute Gasteiger partial charge is 0.00361 e. The summed E-state index contributed by atoms with van der Waals surface area (Å²) in [4.78, 5) is 0. The SMILES string of the molecule is CCC[C@@H](N)CC. The van der Waals surface area contributed by atoms with Crippen LogP contribution in [0.5, 0.6) is 0 Å². The molecule has 0 aliphatic carbocycles. The summed E-state index contributed by atoms with van der Waals surface area (Å²) in [5, 5.41) is 0. The van der Waals surface area contributed by atoms with Gasteiger partial charge in [-0.2, -0.15) is 0 Å². The van der Waals surface area contributed by atoms with E-state index in [1.54, 1.807) is 0 Å². The molecule has 0 heterocycles. The summed E-state index contributed by atoms with van der Waals surface area (Å²) in [6, 6.07) is 0.449. The molecule has 7 heavy (non-hydrogen) atoms. The lowest BCUT2D eigenvalue weighted by Gasteiger charge is -2.03. The van der Waals surface area contributed by atoms with Crippen LogP contribution in [0.25, 0.3) is 0 Å². The first kappa shape index (κ1) is 6.96. The highest BCUT2D eigenvalue weighted by atomic mass is 14.6. The molecule has 0 amide bonds. The predicted molar refractivity (Wildman–Crippen MR) is 33.2 cm³/mol. The molecule has 0 bridgehead atoms. The van der Waals surface area contributed by atoms with E-state index in [1.165, 1.54) is 12.8 Å². The quantitative estimate of drug-likeness (QED) is 0.573. The highest BCUT2D eigenvalue weighted by Gasteiger charge is 1.92. The Morgan fingerprint density at radius 3 is 2.14 bits per heavy atom. The molecule has 0 aliphatic heterocycles. The summed E-state index contributed by atoms with van der Waals surface area (Å²) in [5.41, 5.74) is 5.58. The molecule has 0 spiro atoms. The van der Waals surface area contributed by atoms with E-state index >= 15 is 0 Å². The predicted octanol–water partition coefficient (Wildman–Crippen LogP) is 1.52. The molecule has 0 unspecified atom stereocenters. The number of nitrogens with two attached hydrogens (primary N) is 1. The van der Waals surface area contributed by atoms with E-state index in [2.05, 4.69) is 13.8 Å². The second-order valence-electron chi connectivity index (χ2n) is 1.96. The Labute approximate surface area is 45.9 Å². The third-order valence-corrected chi connectivity index (χ3v) is 1.18. The van der Waals surface area contributed by atoms with Crippen LogP contribution in [0.4, 0.5) is 0 Å². The summed E-state index contributed by atoms with van der Waals surface area (Å²) in [6.07, 6.45) is 3.51. The van der Waals surface area contributed by atoms with Crippen LogP contribution in [0, 0.1) is 0 Å². The van der Waals surface area contributed by atoms with Crippen LogP contribution in [0.15, 0.2) is 0 Å². The van der Waals surface area contributed by atoms with Gasteiger partial charge in [0.05, 0.1) is 0 Å². The molecule has 1 heteroatoms. The summed E-state index contributed by atoms with van der Waals surface area (Å²) in [6.45, 7) is 4.29. The van der Waals surface area contributed by atoms with Crippen LogP contribution in [0.2, 0.25) is 0 Å². The molecule has 44 valence electrons. The van der Waals surface area contributed by atoms with Gasteiger partial charge in [0.15, 0.2) is 0 Å². The zero-order chi connectivity index (χ0) is 5.70. The van der Waals surface area contributed by atoms with Gasteiger partial charge in [0.1, 0.15) is 0 Å². The normalized spacial score (nSPS) is 14.1. The maximum absolute atomic E-state index is 5.58. The number of rotatable bonds is 3. The van der Waals surface area contributed by atoms with Gasteiger partial charge >= 0.3 is 0 Å². The van der Waals surface area contributed by atoms with Crippen LogP contribution in [0.3, 0.4) is 0 Å². The van der Waals surface area contributed by atoms with E-state index in [0.29, 0.717) is 6.04 Å². The van der Waals surface area contributed by atoms with Crippen molar-refractivity contribution in [1.29, 1.82) is 0 Å². The molecule has 0 aliphatic rings. The van der Waals surface area contributed by atoms with Crippen molar-refractivity contribution in [3.05, 3.63) is 0 Å². The van der Waals surface area contributed by atoms with Gasteiger partial charge in [-0.05, 0) is 12.8 Å². The molecule has 0 aromatic carbocycles. The van der Waals surface area contributed by atoms with Crippen LogP contribution >= 0.6 is 0 Å². The molecule has 0 aromatic rings. The average molecular weight is 101 g/mol. The molecule has 0 saturated heterocycles. The molecular weight excluding hydrogens is 86.1 g/mol. The van der Waals surface area contributed by atoms with Crippen molar-refractivity contribution in [3.63, 3.8) is 0 Å². The Morgan fingerprint density at radius 1 is 1.43 bits per heavy atom. The Bertz CT molecular complexity index is 35.2. The molecule has 2 N–H and O–H groups in total. The minimum absolute atomic E-state index is 0.449. The molecule has 0 radical (unpaired) electrons. The fraction of sp³-hybridized carbons (Fsp3) is 1.00. The average Bonchev–Trinajstić information content (AvgIpc) is 1.68. The first-order chi connectivity index (χ1) is 3.31. The van der Waals surface area contributed by atoms with Gasteiger partial charge in [-0.15, -0.1) is 0 Å². The monoisotopic (exact) mass is 101 g/mol. The Balaban J connectivity index is 2.83. The highest BCUT2D eigenvalue weighted by Crippen LogP contribution is 1.95. The van der Waals surface area contributed by atoms with Gasteiger partial charge in [0.2, 0.25) is 0 Å². The topological polar surface area (TPSA) is 26.0 Å². The Morgan fingerprint density at radius 2 is 2.00 bits per heavy atom. The largest absolute Gasteiger partial charge is 0.328 e. The third-order valence-electron chi connectivity index (χ3n) is 1.18. The van der Waals surface area contributed by atoms with E-state index in [1.807, 2.05) is 0 Å². The first-order valence-electron chi connectivity index (χ1n) is 3.06. The molecular formula is C6H15N. The zero-order valence-electron chi connectivity index (χ0n) is 5.28. The van der Waals surface area contributed by atoms with Crippen LogP contribution < -0.4 is 5.73 Å². The van der Waals surface area contributed by atoms with Crippen molar-refractivity contribution in [2.75, 3.05) is 0 Å². The second-order valence-corrected chi connectivity index (χ2v) is 1.96. The molecule has 0 rings (SSSR count). The van der Waals surface area contributed by atoms with E-state index < -0.39 is 0 Å². The Hall–Kier alpha value is -0.0400.